The number of aryl methyl sites for hydroxylation is 2. The molecular weight excluding hydrogens is 498 g/mol. The van der Waals surface area contributed by atoms with Crippen molar-refractivity contribution in [1.29, 1.82) is 0 Å². The van der Waals surface area contributed by atoms with E-state index in [4.69, 9.17) is 0 Å². The molecule has 8 heteroatoms. The molecule has 0 spiro atoms. The quantitative estimate of drug-likeness (QED) is 0.355. The molecule has 0 saturated heterocycles. The van der Waals surface area contributed by atoms with E-state index in [1.807, 2.05) is 11.0 Å². The maximum Gasteiger partial charge on any atom is 0.264 e. The van der Waals surface area contributed by atoms with Gasteiger partial charge in [0.25, 0.3) is 6.43 Å². The van der Waals surface area contributed by atoms with Gasteiger partial charge in [-0.3, -0.25) is 9.48 Å². The van der Waals surface area contributed by atoms with Crippen LogP contribution in [0.15, 0.2) is 36.7 Å². The van der Waals surface area contributed by atoms with Crippen molar-refractivity contribution in [2.24, 2.45) is 13.0 Å². The number of carbonyl (C=O) groups excluding carboxylic acids is 2. The van der Waals surface area contributed by atoms with Gasteiger partial charge in [0.15, 0.2) is 0 Å². The highest BCUT2D eigenvalue weighted by molar-refractivity contribution is 5.80. The molecule has 1 aromatic heterocycles. The third-order valence-electron chi connectivity index (χ3n) is 8.84. The lowest BCUT2D eigenvalue weighted by Gasteiger charge is -2.35. The van der Waals surface area contributed by atoms with Gasteiger partial charge in [-0.15, -0.1) is 0 Å². The second kappa shape index (κ2) is 10.2. The fraction of sp³-hybridized carbons (Fsp3) is 0.452. The van der Waals surface area contributed by atoms with Gasteiger partial charge in [-0.25, -0.2) is 8.78 Å². The van der Waals surface area contributed by atoms with Gasteiger partial charge in [-0.1, -0.05) is 6.07 Å². The largest absolute Gasteiger partial charge is 0.341 e. The van der Waals surface area contributed by atoms with Crippen LogP contribution in [0.25, 0.3) is 11.1 Å². The van der Waals surface area contributed by atoms with E-state index in [2.05, 4.69) is 22.1 Å². The van der Waals surface area contributed by atoms with Crippen LogP contribution in [-0.4, -0.2) is 33.4 Å². The summed E-state index contributed by atoms with van der Waals surface area (Å²) in [4.78, 5) is 27.7. The van der Waals surface area contributed by atoms with E-state index in [1.54, 1.807) is 37.1 Å². The first kappa shape index (κ1) is 25.7. The molecule has 3 aromatic rings. The zero-order valence-corrected chi connectivity index (χ0v) is 22.5. The number of amides is 1. The minimum absolute atomic E-state index is 0.0130. The van der Waals surface area contributed by atoms with Gasteiger partial charge in [-0.2, -0.15) is 5.10 Å². The highest BCUT2D eigenvalue weighted by atomic mass is 19.3. The number of benzene rings is 2. The van der Waals surface area contributed by atoms with Gasteiger partial charge < -0.3 is 14.6 Å². The van der Waals surface area contributed by atoms with Crippen LogP contribution in [0, 0.1) is 5.92 Å². The van der Waals surface area contributed by atoms with Crippen LogP contribution in [0.5, 0.6) is 0 Å². The normalized spacial score (nSPS) is 20.7. The third-order valence-corrected chi connectivity index (χ3v) is 8.84. The van der Waals surface area contributed by atoms with Crippen molar-refractivity contribution in [3.8, 4) is 11.1 Å². The summed E-state index contributed by atoms with van der Waals surface area (Å²) in [5.74, 6) is 0.523. The SMILES string of the molecule is CC(=O)N1Cc2cc(C3CCC(C=O)CC3)cc(N3CCCc4cc(-c5cnn(C)c5)c(C(F)F)cc43)c2C1. The smallest absolute Gasteiger partial charge is 0.264 e. The number of carbonyl (C=O) groups is 2. The van der Waals surface area contributed by atoms with Crippen molar-refractivity contribution in [2.45, 2.75) is 70.9 Å². The molecule has 1 aliphatic carbocycles. The Balaban J connectivity index is 1.45. The van der Waals surface area contributed by atoms with Crippen molar-refractivity contribution >= 4 is 23.6 Å². The number of aromatic nitrogens is 2. The van der Waals surface area contributed by atoms with E-state index < -0.39 is 6.43 Å². The molecule has 6 nitrogen and oxygen atoms in total. The third kappa shape index (κ3) is 4.74. The Labute approximate surface area is 227 Å². The minimum Gasteiger partial charge on any atom is -0.341 e. The Morgan fingerprint density at radius 2 is 1.85 bits per heavy atom. The average molecular weight is 533 g/mol. The van der Waals surface area contributed by atoms with Crippen molar-refractivity contribution in [2.75, 3.05) is 11.4 Å². The van der Waals surface area contributed by atoms with Crippen LogP contribution >= 0.6 is 0 Å². The fourth-order valence-corrected chi connectivity index (χ4v) is 6.69. The maximum atomic E-state index is 14.4. The van der Waals surface area contributed by atoms with Crippen molar-refractivity contribution in [3.05, 3.63) is 64.5 Å². The highest BCUT2D eigenvalue weighted by Gasteiger charge is 2.32. The summed E-state index contributed by atoms with van der Waals surface area (Å²) < 4.78 is 30.5. The average Bonchev–Trinajstić information content (AvgIpc) is 3.58. The molecule has 1 fully saturated rings. The van der Waals surface area contributed by atoms with Crippen LogP contribution in [0.1, 0.15) is 79.2 Å². The molecule has 6 rings (SSSR count). The van der Waals surface area contributed by atoms with E-state index in [0.717, 1.165) is 79.4 Å². The van der Waals surface area contributed by atoms with Crippen LogP contribution in [0.2, 0.25) is 0 Å². The van der Waals surface area contributed by atoms with Crippen molar-refractivity contribution < 1.29 is 18.4 Å². The first-order valence-electron chi connectivity index (χ1n) is 13.9. The van der Waals surface area contributed by atoms with E-state index in [9.17, 15) is 18.4 Å². The molecular formula is C31H34F2N4O2. The molecule has 0 bridgehead atoms. The second-order valence-electron chi connectivity index (χ2n) is 11.3. The van der Waals surface area contributed by atoms with Gasteiger partial charge in [0, 0.05) is 73.8 Å². The van der Waals surface area contributed by atoms with Gasteiger partial charge >= 0.3 is 0 Å². The number of nitrogens with zero attached hydrogens (tertiary/aromatic N) is 4. The summed E-state index contributed by atoms with van der Waals surface area (Å²) in [6.07, 6.45) is 7.31. The molecule has 3 aliphatic rings. The summed E-state index contributed by atoms with van der Waals surface area (Å²) in [6.45, 7) is 3.42. The molecule has 0 N–H and O–H groups in total. The Hall–Kier alpha value is -3.55. The number of aldehydes is 1. The molecule has 2 aliphatic heterocycles. The van der Waals surface area contributed by atoms with E-state index in [1.165, 1.54) is 5.56 Å². The first-order chi connectivity index (χ1) is 18.8. The van der Waals surface area contributed by atoms with Crippen LogP contribution in [0.4, 0.5) is 20.2 Å². The van der Waals surface area contributed by atoms with Crippen molar-refractivity contribution in [3.63, 3.8) is 0 Å². The predicted octanol–water partition coefficient (Wildman–Crippen LogP) is 6.44. The molecule has 1 amide bonds. The topological polar surface area (TPSA) is 58.4 Å². The summed E-state index contributed by atoms with van der Waals surface area (Å²) >= 11 is 0. The standard InChI is InChI=1S/C31H34F2N4O2/c1-19(39)36-16-24-10-23(21-7-5-20(18-38)6-8-21)12-30(28(24)17-36)37-9-3-4-22-11-26(25-14-34-35(2)15-25)27(31(32)33)13-29(22)37/h10-15,18,20-21,31H,3-9,16-17H2,1-2H3. The number of fused-ring (bicyclic) bond motifs is 2. The zero-order valence-electron chi connectivity index (χ0n) is 22.5. The number of hydrogen-bond acceptors (Lipinski definition) is 4. The number of alkyl halides is 2. The lowest BCUT2D eigenvalue weighted by Crippen LogP contribution is -2.27. The molecule has 0 unspecified atom stereocenters. The second-order valence-corrected chi connectivity index (χ2v) is 11.3. The summed E-state index contributed by atoms with van der Waals surface area (Å²) in [5, 5.41) is 4.20. The Bertz CT molecular complexity index is 1420. The van der Waals surface area contributed by atoms with E-state index in [0.29, 0.717) is 30.1 Å². The number of rotatable bonds is 5. The zero-order chi connectivity index (χ0) is 27.3. The minimum atomic E-state index is -2.62. The van der Waals surface area contributed by atoms with Crippen LogP contribution in [-0.2, 0) is 36.1 Å². The van der Waals surface area contributed by atoms with Gasteiger partial charge in [-0.05, 0) is 84.9 Å². The van der Waals surface area contributed by atoms with Gasteiger partial charge in [0.2, 0.25) is 5.91 Å². The van der Waals surface area contributed by atoms with Crippen molar-refractivity contribution in [1.82, 2.24) is 14.7 Å². The monoisotopic (exact) mass is 532 g/mol. The van der Waals surface area contributed by atoms with Crippen LogP contribution in [0.3, 0.4) is 0 Å². The summed E-state index contributed by atoms with van der Waals surface area (Å²) in [6, 6.07) is 8.08. The number of halogens is 2. The van der Waals surface area contributed by atoms with Gasteiger partial charge in [0.1, 0.15) is 6.29 Å². The summed E-state index contributed by atoms with van der Waals surface area (Å²) in [5.41, 5.74) is 7.63. The summed E-state index contributed by atoms with van der Waals surface area (Å²) in [7, 11) is 1.79. The Morgan fingerprint density at radius 3 is 2.51 bits per heavy atom. The molecule has 1 saturated carbocycles. The lowest BCUT2D eigenvalue weighted by molar-refractivity contribution is -0.129. The van der Waals surface area contributed by atoms with Crippen LogP contribution < -0.4 is 4.90 Å². The molecule has 0 radical (unpaired) electrons. The molecule has 2 aromatic carbocycles. The number of anilines is 2. The lowest BCUT2D eigenvalue weighted by atomic mass is 9.78. The Kier molecular flexibility index (Phi) is 6.73. The van der Waals surface area contributed by atoms with E-state index in [-0.39, 0.29) is 17.4 Å². The first-order valence-corrected chi connectivity index (χ1v) is 13.9. The molecule has 204 valence electrons. The number of hydrogen-bond donors (Lipinski definition) is 0. The fourth-order valence-electron chi connectivity index (χ4n) is 6.69. The molecule has 0 atom stereocenters. The van der Waals surface area contributed by atoms with Gasteiger partial charge in [0.05, 0.1) is 6.20 Å². The molecule has 39 heavy (non-hydrogen) atoms. The van der Waals surface area contributed by atoms with E-state index >= 15 is 0 Å². The molecule has 3 heterocycles. The highest BCUT2D eigenvalue weighted by Crippen LogP contribution is 2.46. The Morgan fingerprint density at radius 1 is 1.05 bits per heavy atom. The predicted molar refractivity (Wildman–Crippen MR) is 146 cm³/mol. The maximum absolute atomic E-state index is 14.4.